The smallest absolute Gasteiger partial charge is 0.271 e. The average Bonchev–Trinajstić information content (AvgIpc) is 2.37. The van der Waals surface area contributed by atoms with Gasteiger partial charge in [-0.2, -0.15) is 0 Å². The second kappa shape index (κ2) is 6.98. The van der Waals surface area contributed by atoms with Gasteiger partial charge in [-0.15, -0.1) is 0 Å². The van der Waals surface area contributed by atoms with Gasteiger partial charge in [-0.25, -0.2) is 9.97 Å². The van der Waals surface area contributed by atoms with Crippen LogP contribution in [0.25, 0.3) is 0 Å². The van der Waals surface area contributed by atoms with E-state index in [-0.39, 0.29) is 10.7 Å². The summed E-state index contributed by atoms with van der Waals surface area (Å²) in [7, 11) is 0. The quantitative estimate of drug-likeness (QED) is 0.719. The Labute approximate surface area is 118 Å². The van der Waals surface area contributed by atoms with E-state index in [1.165, 1.54) is 6.20 Å². The van der Waals surface area contributed by atoms with E-state index in [1.807, 2.05) is 4.90 Å². The van der Waals surface area contributed by atoms with Gasteiger partial charge in [0.1, 0.15) is 10.7 Å². The normalized spacial score (nSPS) is 10.2. The fourth-order valence-electron chi connectivity index (χ4n) is 1.76. The summed E-state index contributed by atoms with van der Waals surface area (Å²) in [4.78, 5) is 21.9. The molecule has 0 bridgehead atoms. The first-order chi connectivity index (χ1) is 9.01. The average molecular weight is 281 g/mol. The third-order valence-corrected chi connectivity index (χ3v) is 2.74. The van der Waals surface area contributed by atoms with Crippen molar-refractivity contribution in [2.45, 2.75) is 26.7 Å². The van der Waals surface area contributed by atoms with E-state index in [4.69, 9.17) is 23.7 Å². The molecule has 0 fully saturated rings. The molecule has 1 aromatic rings. The van der Waals surface area contributed by atoms with Crippen LogP contribution in [0.5, 0.6) is 0 Å². The van der Waals surface area contributed by atoms with Gasteiger partial charge >= 0.3 is 0 Å². The Morgan fingerprint density at radius 1 is 1.32 bits per heavy atom. The van der Waals surface area contributed by atoms with Crippen molar-refractivity contribution in [2.24, 2.45) is 11.5 Å². The summed E-state index contributed by atoms with van der Waals surface area (Å²) < 4.78 is 0. The Morgan fingerprint density at radius 2 is 1.89 bits per heavy atom. The minimum absolute atomic E-state index is 0.151. The standard InChI is InChI=1S/C12H19N5OS/c1-3-5-17(6-4-2)12-9(10(13)18)15-7-8(16-12)11(14)19/h7H,3-6H2,1-2H3,(H2,13,18)(H2,14,19). The van der Waals surface area contributed by atoms with Crippen LogP contribution in [0, 0.1) is 0 Å². The lowest BCUT2D eigenvalue weighted by molar-refractivity contribution is 0.0995. The molecule has 0 aliphatic carbocycles. The van der Waals surface area contributed by atoms with E-state index < -0.39 is 5.91 Å². The Bertz CT molecular complexity index is 471. The van der Waals surface area contributed by atoms with Gasteiger partial charge < -0.3 is 16.4 Å². The molecule has 7 heteroatoms. The van der Waals surface area contributed by atoms with Gasteiger partial charge in [-0.05, 0) is 12.8 Å². The van der Waals surface area contributed by atoms with Crippen molar-refractivity contribution in [2.75, 3.05) is 18.0 Å². The number of anilines is 1. The van der Waals surface area contributed by atoms with E-state index in [0.717, 1.165) is 25.9 Å². The third kappa shape index (κ3) is 3.85. The summed E-state index contributed by atoms with van der Waals surface area (Å²) in [5, 5.41) is 0. The largest absolute Gasteiger partial charge is 0.388 e. The van der Waals surface area contributed by atoms with E-state index in [9.17, 15) is 4.79 Å². The Morgan fingerprint density at radius 3 is 2.32 bits per heavy atom. The van der Waals surface area contributed by atoms with Crippen molar-refractivity contribution in [1.82, 2.24) is 9.97 Å². The predicted molar refractivity (Wildman–Crippen MR) is 79.2 cm³/mol. The molecular formula is C12H19N5OS. The molecule has 0 unspecified atom stereocenters. The van der Waals surface area contributed by atoms with Crippen LogP contribution in [0.3, 0.4) is 0 Å². The fourth-order valence-corrected chi connectivity index (χ4v) is 1.85. The van der Waals surface area contributed by atoms with E-state index >= 15 is 0 Å². The molecule has 0 saturated carbocycles. The first-order valence-corrected chi connectivity index (χ1v) is 6.63. The van der Waals surface area contributed by atoms with Crippen LogP contribution in [-0.4, -0.2) is 34.0 Å². The Kier molecular flexibility index (Phi) is 5.62. The Balaban J connectivity index is 3.28. The van der Waals surface area contributed by atoms with Gasteiger partial charge in [-0.3, -0.25) is 4.79 Å². The van der Waals surface area contributed by atoms with Gasteiger partial charge in [-0.1, -0.05) is 26.1 Å². The topological polar surface area (TPSA) is 98.1 Å². The molecule has 6 nitrogen and oxygen atoms in total. The van der Waals surface area contributed by atoms with Crippen LogP contribution >= 0.6 is 12.2 Å². The zero-order chi connectivity index (χ0) is 14.4. The number of thiocarbonyl (C=S) groups is 1. The summed E-state index contributed by atoms with van der Waals surface area (Å²) in [5.41, 5.74) is 11.4. The maximum absolute atomic E-state index is 11.4. The lowest BCUT2D eigenvalue weighted by atomic mass is 10.3. The Hall–Kier alpha value is -1.76. The number of nitrogens with two attached hydrogens (primary N) is 2. The molecule has 4 N–H and O–H groups in total. The van der Waals surface area contributed by atoms with Crippen LogP contribution in [0.15, 0.2) is 6.20 Å². The maximum atomic E-state index is 11.4. The van der Waals surface area contributed by atoms with E-state index in [2.05, 4.69) is 23.8 Å². The summed E-state index contributed by atoms with van der Waals surface area (Å²) in [6.45, 7) is 5.64. The van der Waals surface area contributed by atoms with Crippen LogP contribution in [-0.2, 0) is 0 Å². The van der Waals surface area contributed by atoms with Crippen molar-refractivity contribution in [3.63, 3.8) is 0 Å². The summed E-state index contributed by atoms with van der Waals surface area (Å²) in [6.07, 6.45) is 3.23. The van der Waals surface area contributed by atoms with Crippen molar-refractivity contribution < 1.29 is 4.79 Å². The minimum atomic E-state index is -0.603. The zero-order valence-corrected chi connectivity index (χ0v) is 12.0. The first-order valence-electron chi connectivity index (χ1n) is 6.22. The molecule has 0 radical (unpaired) electrons. The molecule has 0 spiro atoms. The number of nitrogens with zero attached hydrogens (tertiary/aromatic N) is 3. The molecular weight excluding hydrogens is 262 g/mol. The molecule has 1 amide bonds. The van der Waals surface area contributed by atoms with Crippen LogP contribution < -0.4 is 16.4 Å². The van der Waals surface area contributed by atoms with Gasteiger partial charge in [0.2, 0.25) is 0 Å². The second-order valence-corrected chi connectivity index (χ2v) is 4.58. The number of carbonyl (C=O) groups excluding carboxylic acids is 1. The number of hydrogen-bond acceptors (Lipinski definition) is 5. The molecule has 1 aromatic heterocycles. The number of aromatic nitrogens is 2. The summed E-state index contributed by atoms with van der Waals surface area (Å²) in [5.74, 6) is -0.143. The van der Waals surface area contributed by atoms with Crippen molar-refractivity contribution in [3.05, 3.63) is 17.6 Å². The second-order valence-electron chi connectivity index (χ2n) is 4.14. The highest BCUT2D eigenvalue weighted by atomic mass is 32.1. The molecule has 0 atom stereocenters. The van der Waals surface area contributed by atoms with Crippen molar-refractivity contribution >= 4 is 28.9 Å². The van der Waals surface area contributed by atoms with Gasteiger partial charge in [0.15, 0.2) is 11.5 Å². The summed E-state index contributed by atoms with van der Waals surface area (Å²) in [6, 6.07) is 0. The monoisotopic (exact) mass is 281 g/mol. The highest BCUT2D eigenvalue weighted by Crippen LogP contribution is 2.17. The van der Waals surface area contributed by atoms with E-state index in [0.29, 0.717) is 11.5 Å². The molecule has 104 valence electrons. The van der Waals surface area contributed by atoms with Gasteiger partial charge in [0.05, 0.1) is 6.20 Å². The molecule has 0 aliphatic heterocycles. The number of hydrogen-bond donors (Lipinski definition) is 2. The number of primary amides is 1. The van der Waals surface area contributed by atoms with E-state index in [1.54, 1.807) is 0 Å². The molecule has 1 heterocycles. The minimum Gasteiger partial charge on any atom is -0.388 e. The lowest BCUT2D eigenvalue weighted by Crippen LogP contribution is -2.31. The van der Waals surface area contributed by atoms with Crippen molar-refractivity contribution in [3.8, 4) is 0 Å². The number of amides is 1. The number of rotatable bonds is 7. The maximum Gasteiger partial charge on any atom is 0.271 e. The molecule has 19 heavy (non-hydrogen) atoms. The van der Waals surface area contributed by atoms with Crippen LogP contribution in [0.4, 0.5) is 5.82 Å². The molecule has 0 saturated heterocycles. The summed E-state index contributed by atoms with van der Waals surface area (Å²) >= 11 is 4.89. The first kappa shape index (κ1) is 15.3. The van der Waals surface area contributed by atoms with Crippen LogP contribution in [0.1, 0.15) is 42.9 Å². The molecule has 0 aliphatic rings. The number of carbonyl (C=O) groups is 1. The van der Waals surface area contributed by atoms with Gasteiger partial charge in [0, 0.05) is 13.1 Å². The highest BCUT2D eigenvalue weighted by molar-refractivity contribution is 7.80. The predicted octanol–water partition coefficient (Wildman–Crippen LogP) is 0.836. The molecule has 1 rings (SSSR count). The molecule has 0 aromatic carbocycles. The zero-order valence-electron chi connectivity index (χ0n) is 11.2. The van der Waals surface area contributed by atoms with Crippen molar-refractivity contribution in [1.29, 1.82) is 0 Å². The fraction of sp³-hybridized carbons (Fsp3) is 0.500. The highest BCUT2D eigenvalue weighted by Gasteiger charge is 2.18. The SMILES string of the molecule is CCCN(CCC)c1nc(C(N)=S)cnc1C(N)=O. The lowest BCUT2D eigenvalue weighted by Gasteiger charge is -2.24. The van der Waals surface area contributed by atoms with Crippen LogP contribution in [0.2, 0.25) is 0 Å². The van der Waals surface area contributed by atoms with Gasteiger partial charge in [0.25, 0.3) is 5.91 Å². The third-order valence-electron chi connectivity index (χ3n) is 2.53.